The van der Waals surface area contributed by atoms with Gasteiger partial charge >= 0.3 is 0 Å². The zero-order valence-corrected chi connectivity index (χ0v) is 7.57. The smallest absolute Gasteiger partial charge is 0.222 e. The number of anilines is 1. The van der Waals surface area contributed by atoms with Crippen molar-refractivity contribution in [1.82, 2.24) is 14.6 Å². The summed E-state index contributed by atoms with van der Waals surface area (Å²) < 4.78 is 1.81. The van der Waals surface area contributed by atoms with Crippen LogP contribution in [0.1, 0.15) is 5.69 Å². The van der Waals surface area contributed by atoms with Crippen LogP contribution in [0.25, 0.3) is 11.0 Å². The molecule has 13 heavy (non-hydrogen) atoms. The second-order valence-electron chi connectivity index (χ2n) is 2.81. The molecule has 2 aromatic heterocycles. The van der Waals surface area contributed by atoms with Gasteiger partial charge < -0.3 is 11.2 Å². The highest BCUT2D eigenvalue weighted by atomic mass is 15.4. The molecule has 0 aliphatic rings. The van der Waals surface area contributed by atoms with Gasteiger partial charge in [0, 0.05) is 18.6 Å². The summed E-state index contributed by atoms with van der Waals surface area (Å²) in [6, 6.07) is 1.96. The van der Waals surface area contributed by atoms with Crippen molar-refractivity contribution in [2.75, 3.05) is 18.2 Å². The second-order valence-corrected chi connectivity index (χ2v) is 2.81. The van der Waals surface area contributed by atoms with E-state index in [1.54, 1.807) is 4.68 Å². The molecule has 2 rings (SSSR count). The van der Waals surface area contributed by atoms with Crippen molar-refractivity contribution >= 4 is 17.0 Å². The molecule has 0 spiro atoms. The van der Waals surface area contributed by atoms with Crippen molar-refractivity contribution in [3.05, 3.63) is 18.0 Å². The summed E-state index contributed by atoms with van der Waals surface area (Å²) in [7, 11) is 1.83. The van der Waals surface area contributed by atoms with Crippen LogP contribution >= 0.6 is 0 Å². The second kappa shape index (κ2) is 2.62. The van der Waals surface area contributed by atoms with Gasteiger partial charge in [0.2, 0.25) is 5.95 Å². The van der Waals surface area contributed by atoms with Gasteiger partial charge in [0.05, 0.1) is 5.69 Å². The third-order valence-corrected chi connectivity index (χ3v) is 1.99. The lowest BCUT2D eigenvalue weighted by atomic mass is 10.3. The highest BCUT2D eigenvalue weighted by Crippen LogP contribution is 2.15. The fraction of sp³-hybridized carbons (Fsp3) is 0.250. The van der Waals surface area contributed by atoms with Crippen molar-refractivity contribution in [2.24, 2.45) is 0 Å². The van der Waals surface area contributed by atoms with Gasteiger partial charge in [-0.1, -0.05) is 0 Å². The van der Waals surface area contributed by atoms with Crippen molar-refractivity contribution in [2.45, 2.75) is 6.92 Å². The van der Waals surface area contributed by atoms with Gasteiger partial charge in [0.1, 0.15) is 0 Å². The number of nitrogens with one attached hydrogen (secondary N) is 1. The first-order chi connectivity index (χ1) is 6.22. The molecule has 68 valence electrons. The number of nitrogens with zero attached hydrogens (tertiary/aromatic N) is 3. The van der Waals surface area contributed by atoms with Gasteiger partial charge in [0.25, 0.3) is 0 Å². The first-order valence-corrected chi connectivity index (χ1v) is 4.01. The maximum Gasteiger partial charge on any atom is 0.222 e. The number of nitrogen functional groups attached to an aromatic ring is 1. The molecule has 0 amide bonds. The van der Waals surface area contributed by atoms with Crippen LogP contribution in [0.5, 0.6) is 0 Å². The molecule has 0 atom stereocenters. The number of nitrogens with two attached hydrogens (primary N) is 1. The third-order valence-electron chi connectivity index (χ3n) is 1.99. The molecule has 0 fully saturated rings. The number of hydrogen-bond acceptors (Lipinski definition) is 4. The van der Waals surface area contributed by atoms with E-state index in [4.69, 9.17) is 5.73 Å². The lowest BCUT2D eigenvalue weighted by Crippen LogP contribution is -2.08. The van der Waals surface area contributed by atoms with Crippen LogP contribution in [0.15, 0.2) is 12.3 Å². The largest absolute Gasteiger partial charge is 0.368 e. The Hall–Kier alpha value is -1.78. The molecule has 0 bridgehead atoms. The lowest BCUT2D eigenvalue weighted by molar-refractivity contribution is 0.952. The molecular formula is C8H11N5. The van der Waals surface area contributed by atoms with Gasteiger partial charge in [-0.2, -0.15) is 4.98 Å². The van der Waals surface area contributed by atoms with Crippen LogP contribution in [-0.4, -0.2) is 21.7 Å². The van der Waals surface area contributed by atoms with Crippen LogP contribution in [0, 0.1) is 6.92 Å². The molecule has 2 heterocycles. The van der Waals surface area contributed by atoms with Gasteiger partial charge in [-0.25, -0.2) is 9.66 Å². The van der Waals surface area contributed by atoms with Crippen molar-refractivity contribution in [1.29, 1.82) is 0 Å². The number of aryl methyl sites for hydroxylation is 1. The molecule has 0 saturated carbocycles. The zero-order chi connectivity index (χ0) is 9.42. The Morgan fingerprint density at radius 1 is 1.46 bits per heavy atom. The first-order valence-electron chi connectivity index (χ1n) is 4.01. The van der Waals surface area contributed by atoms with E-state index in [9.17, 15) is 0 Å². The van der Waals surface area contributed by atoms with E-state index in [1.165, 1.54) is 0 Å². The standard InChI is InChI=1S/C8H11N5/c1-5-6-3-4-13(10-2)7(6)12-8(9)11-5/h3-4,10H,1-2H3,(H2,9,11,12). The van der Waals surface area contributed by atoms with E-state index in [1.807, 2.05) is 26.2 Å². The molecule has 0 unspecified atom stereocenters. The summed E-state index contributed by atoms with van der Waals surface area (Å²) in [6.07, 6.45) is 1.89. The highest BCUT2D eigenvalue weighted by Gasteiger charge is 2.05. The Morgan fingerprint density at radius 2 is 2.23 bits per heavy atom. The Kier molecular flexibility index (Phi) is 1.58. The van der Waals surface area contributed by atoms with Gasteiger partial charge in [-0.3, -0.25) is 0 Å². The van der Waals surface area contributed by atoms with Crippen LogP contribution in [0.4, 0.5) is 5.95 Å². The molecule has 0 aliphatic carbocycles. The fourth-order valence-electron chi connectivity index (χ4n) is 1.37. The van der Waals surface area contributed by atoms with Crippen LogP contribution in [0.2, 0.25) is 0 Å². The molecule has 5 heteroatoms. The minimum atomic E-state index is 0.306. The summed E-state index contributed by atoms with van der Waals surface area (Å²) in [5, 5.41) is 1.02. The summed E-state index contributed by atoms with van der Waals surface area (Å²) in [6.45, 7) is 1.92. The number of hydrogen-bond donors (Lipinski definition) is 2. The molecule has 5 nitrogen and oxygen atoms in total. The van der Waals surface area contributed by atoms with Crippen molar-refractivity contribution < 1.29 is 0 Å². The summed E-state index contributed by atoms with van der Waals surface area (Å²) in [5.41, 5.74) is 10.2. The predicted octanol–water partition coefficient (Wildman–Crippen LogP) is 0.495. The minimum absolute atomic E-state index is 0.306. The van der Waals surface area contributed by atoms with Gasteiger partial charge in [0.15, 0.2) is 5.65 Å². The Labute approximate surface area is 75.6 Å². The molecular weight excluding hydrogens is 166 g/mol. The van der Waals surface area contributed by atoms with Crippen LogP contribution in [0.3, 0.4) is 0 Å². The lowest BCUT2D eigenvalue weighted by Gasteiger charge is -2.03. The van der Waals surface area contributed by atoms with E-state index in [-0.39, 0.29) is 0 Å². The van der Waals surface area contributed by atoms with E-state index in [0.29, 0.717) is 5.95 Å². The average molecular weight is 177 g/mol. The van der Waals surface area contributed by atoms with Crippen molar-refractivity contribution in [3.63, 3.8) is 0 Å². The predicted molar refractivity (Wildman–Crippen MR) is 52.0 cm³/mol. The number of fused-ring (bicyclic) bond motifs is 1. The van der Waals surface area contributed by atoms with Crippen LogP contribution < -0.4 is 11.2 Å². The molecule has 0 saturated heterocycles. The quantitative estimate of drug-likeness (QED) is 0.665. The summed E-state index contributed by atoms with van der Waals surface area (Å²) in [5.74, 6) is 0.306. The summed E-state index contributed by atoms with van der Waals surface area (Å²) in [4.78, 5) is 8.21. The highest BCUT2D eigenvalue weighted by molar-refractivity contribution is 5.79. The van der Waals surface area contributed by atoms with E-state index < -0.39 is 0 Å². The maximum atomic E-state index is 5.54. The monoisotopic (exact) mass is 177 g/mol. The van der Waals surface area contributed by atoms with E-state index in [2.05, 4.69) is 15.4 Å². The average Bonchev–Trinajstić information content (AvgIpc) is 2.47. The Morgan fingerprint density at radius 3 is 2.92 bits per heavy atom. The van der Waals surface area contributed by atoms with Crippen LogP contribution in [-0.2, 0) is 0 Å². The van der Waals surface area contributed by atoms with E-state index >= 15 is 0 Å². The zero-order valence-electron chi connectivity index (χ0n) is 7.57. The maximum absolute atomic E-state index is 5.54. The molecule has 3 N–H and O–H groups in total. The molecule has 0 aromatic carbocycles. The topological polar surface area (TPSA) is 68.8 Å². The first kappa shape index (κ1) is 7.85. The summed E-state index contributed by atoms with van der Waals surface area (Å²) >= 11 is 0. The molecule has 0 radical (unpaired) electrons. The Balaban J connectivity index is 2.82. The normalized spacial score (nSPS) is 10.6. The third kappa shape index (κ3) is 1.09. The van der Waals surface area contributed by atoms with Gasteiger partial charge in [-0.05, 0) is 13.0 Å². The van der Waals surface area contributed by atoms with Crippen molar-refractivity contribution in [3.8, 4) is 0 Å². The fourth-order valence-corrected chi connectivity index (χ4v) is 1.37. The number of aromatic nitrogens is 3. The van der Waals surface area contributed by atoms with E-state index in [0.717, 1.165) is 16.7 Å². The number of rotatable bonds is 1. The SMILES string of the molecule is CNn1ccc2c(C)nc(N)nc21. The molecule has 0 aliphatic heterocycles. The molecule has 2 aromatic rings. The minimum Gasteiger partial charge on any atom is -0.368 e. The Bertz CT molecular complexity index is 445. The van der Waals surface area contributed by atoms with Gasteiger partial charge in [-0.15, -0.1) is 0 Å².